The molecule has 0 spiro atoms. The van der Waals surface area contributed by atoms with Crippen LogP contribution in [0.5, 0.6) is 11.5 Å². The molecular weight excluding hydrogens is 374 g/mol. The first-order chi connectivity index (χ1) is 14.1. The van der Waals surface area contributed by atoms with Gasteiger partial charge < -0.3 is 19.5 Å². The summed E-state index contributed by atoms with van der Waals surface area (Å²) in [5, 5.41) is 14.8. The average molecular weight is 399 g/mol. The maximum absolute atomic E-state index is 12.8. The van der Waals surface area contributed by atoms with Gasteiger partial charge in [0.1, 0.15) is 12.6 Å². The zero-order chi connectivity index (χ0) is 20.8. The van der Waals surface area contributed by atoms with Crippen molar-refractivity contribution in [3.05, 3.63) is 47.7 Å². The number of nitrogens with zero attached hydrogens (tertiary/aromatic N) is 4. The lowest BCUT2D eigenvalue weighted by molar-refractivity contribution is -0.138. The first kappa shape index (κ1) is 20.4. The Hall–Kier alpha value is -3.36. The van der Waals surface area contributed by atoms with E-state index in [0.29, 0.717) is 41.9 Å². The average Bonchev–Trinajstić information content (AvgIpc) is 3.18. The van der Waals surface area contributed by atoms with Crippen LogP contribution < -0.4 is 14.8 Å². The summed E-state index contributed by atoms with van der Waals surface area (Å²) >= 11 is 0. The third-order valence-corrected chi connectivity index (χ3v) is 4.31. The molecule has 3 rings (SSSR count). The second kappa shape index (κ2) is 9.22. The molecule has 0 bridgehead atoms. The Bertz CT molecular complexity index is 921. The second-order valence-electron chi connectivity index (χ2n) is 6.39. The zero-order valence-corrected chi connectivity index (χ0v) is 16.8. The highest BCUT2D eigenvalue weighted by Crippen LogP contribution is 2.38. The second-order valence-corrected chi connectivity index (χ2v) is 6.39. The lowest BCUT2D eigenvalue weighted by Crippen LogP contribution is -2.29. The third-order valence-electron chi connectivity index (χ3n) is 4.31. The molecule has 1 aliphatic heterocycles. The summed E-state index contributed by atoms with van der Waals surface area (Å²) in [6, 6.07) is 5.00. The standard InChI is InChI=1S/C20H25N5O4/c1-5-10-28-15-9-8-14(12-16(15)27-7-3)18-17(19(26)29-11-6-2)13(4)21-20-22-23-24-25(18)20/h6,8-9,12,18H,2,5,7,10-11H2,1,3-4H3,(H,21,22,24). The topological polar surface area (TPSA) is 100 Å². The van der Waals surface area contributed by atoms with Gasteiger partial charge in [-0.2, -0.15) is 4.68 Å². The number of fused-ring (bicyclic) bond motifs is 1. The number of aromatic nitrogens is 4. The molecule has 0 fully saturated rings. The van der Waals surface area contributed by atoms with E-state index < -0.39 is 12.0 Å². The number of esters is 1. The molecule has 1 aromatic carbocycles. The fraction of sp³-hybridized carbons (Fsp3) is 0.400. The Balaban J connectivity index is 2.06. The SMILES string of the molecule is C=CCOC(=O)C1=C(C)Nc2nnnn2C1c1ccc(OCCC)c(OCC)c1. The molecule has 0 saturated carbocycles. The first-order valence-electron chi connectivity index (χ1n) is 9.53. The van der Waals surface area contributed by atoms with Gasteiger partial charge in [0.25, 0.3) is 0 Å². The minimum Gasteiger partial charge on any atom is -0.490 e. The van der Waals surface area contributed by atoms with Crippen LogP contribution in [-0.4, -0.2) is 46.0 Å². The fourth-order valence-corrected chi connectivity index (χ4v) is 3.09. The number of nitrogens with one attached hydrogen (secondary N) is 1. The van der Waals surface area contributed by atoms with Gasteiger partial charge in [-0.05, 0) is 48.4 Å². The van der Waals surface area contributed by atoms with Crippen LogP contribution in [0.3, 0.4) is 0 Å². The number of carbonyl (C=O) groups is 1. The summed E-state index contributed by atoms with van der Waals surface area (Å²) in [5.74, 6) is 1.23. The Labute approximate surface area is 169 Å². The molecule has 1 atom stereocenters. The van der Waals surface area contributed by atoms with Crippen molar-refractivity contribution in [2.75, 3.05) is 25.1 Å². The molecule has 9 heteroatoms. The summed E-state index contributed by atoms with van der Waals surface area (Å²) < 4.78 is 18.4. The number of carbonyl (C=O) groups excluding carboxylic acids is 1. The summed E-state index contributed by atoms with van der Waals surface area (Å²) in [6.07, 6.45) is 2.41. The number of ether oxygens (including phenoxy) is 3. The number of allylic oxidation sites excluding steroid dienone is 1. The van der Waals surface area contributed by atoms with Crippen LogP contribution in [0.4, 0.5) is 5.95 Å². The minimum absolute atomic E-state index is 0.110. The smallest absolute Gasteiger partial charge is 0.338 e. The number of rotatable bonds is 9. The largest absolute Gasteiger partial charge is 0.490 e. The van der Waals surface area contributed by atoms with Crippen molar-refractivity contribution in [2.24, 2.45) is 0 Å². The predicted octanol–water partition coefficient (Wildman–Crippen LogP) is 2.88. The number of hydrogen-bond donors (Lipinski definition) is 1. The van der Waals surface area contributed by atoms with E-state index >= 15 is 0 Å². The Morgan fingerprint density at radius 1 is 1.31 bits per heavy atom. The van der Waals surface area contributed by atoms with Crippen molar-refractivity contribution >= 4 is 11.9 Å². The van der Waals surface area contributed by atoms with E-state index in [9.17, 15) is 4.79 Å². The van der Waals surface area contributed by atoms with Crippen molar-refractivity contribution in [1.82, 2.24) is 20.2 Å². The van der Waals surface area contributed by atoms with E-state index in [1.165, 1.54) is 6.08 Å². The maximum Gasteiger partial charge on any atom is 0.338 e. The number of hydrogen-bond acceptors (Lipinski definition) is 8. The highest BCUT2D eigenvalue weighted by molar-refractivity contribution is 5.92. The third kappa shape index (κ3) is 4.23. The molecular formula is C20H25N5O4. The van der Waals surface area contributed by atoms with Crippen LogP contribution in [0.1, 0.15) is 38.8 Å². The monoisotopic (exact) mass is 399 g/mol. The van der Waals surface area contributed by atoms with E-state index in [1.54, 1.807) is 11.6 Å². The minimum atomic E-state index is -0.571. The van der Waals surface area contributed by atoms with Gasteiger partial charge in [-0.1, -0.05) is 30.7 Å². The highest BCUT2D eigenvalue weighted by atomic mass is 16.5. The number of tetrazole rings is 1. The van der Waals surface area contributed by atoms with Gasteiger partial charge in [-0.15, -0.1) is 0 Å². The van der Waals surface area contributed by atoms with Crippen LogP contribution in [0.15, 0.2) is 42.1 Å². The van der Waals surface area contributed by atoms with E-state index in [1.807, 2.05) is 32.0 Å². The number of benzene rings is 1. The van der Waals surface area contributed by atoms with Crippen LogP contribution in [0, 0.1) is 0 Å². The molecule has 0 saturated heterocycles. The molecule has 0 amide bonds. The summed E-state index contributed by atoms with van der Waals surface area (Å²) in [4.78, 5) is 12.8. The molecule has 0 radical (unpaired) electrons. The fourth-order valence-electron chi connectivity index (χ4n) is 3.09. The normalized spacial score (nSPS) is 15.3. The van der Waals surface area contributed by atoms with Crippen molar-refractivity contribution in [2.45, 2.75) is 33.2 Å². The van der Waals surface area contributed by atoms with E-state index in [-0.39, 0.29) is 6.61 Å². The van der Waals surface area contributed by atoms with E-state index in [0.717, 1.165) is 12.0 Å². The Kier molecular flexibility index (Phi) is 6.48. The number of anilines is 1. The molecule has 29 heavy (non-hydrogen) atoms. The quantitative estimate of drug-likeness (QED) is 0.507. The lowest BCUT2D eigenvalue weighted by Gasteiger charge is -2.27. The van der Waals surface area contributed by atoms with Crippen molar-refractivity contribution in [1.29, 1.82) is 0 Å². The lowest BCUT2D eigenvalue weighted by atomic mass is 9.95. The molecule has 1 aromatic heterocycles. The van der Waals surface area contributed by atoms with Crippen molar-refractivity contribution < 1.29 is 19.0 Å². The molecule has 2 aromatic rings. The molecule has 154 valence electrons. The van der Waals surface area contributed by atoms with Crippen LogP contribution >= 0.6 is 0 Å². The summed E-state index contributed by atoms with van der Waals surface area (Å²) in [5.41, 5.74) is 1.81. The van der Waals surface area contributed by atoms with Gasteiger partial charge in [0.15, 0.2) is 11.5 Å². The van der Waals surface area contributed by atoms with E-state index in [4.69, 9.17) is 14.2 Å². The predicted molar refractivity (Wildman–Crippen MR) is 107 cm³/mol. The molecule has 2 heterocycles. The van der Waals surface area contributed by atoms with Crippen molar-refractivity contribution in [3.63, 3.8) is 0 Å². The highest BCUT2D eigenvalue weighted by Gasteiger charge is 2.35. The van der Waals surface area contributed by atoms with Gasteiger partial charge in [-0.3, -0.25) is 0 Å². The van der Waals surface area contributed by atoms with Crippen LogP contribution in [-0.2, 0) is 9.53 Å². The van der Waals surface area contributed by atoms with Crippen LogP contribution in [0.25, 0.3) is 0 Å². The van der Waals surface area contributed by atoms with Gasteiger partial charge in [0, 0.05) is 5.70 Å². The molecule has 9 nitrogen and oxygen atoms in total. The molecule has 1 unspecified atom stereocenters. The maximum atomic E-state index is 12.8. The first-order valence-corrected chi connectivity index (χ1v) is 9.53. The molecule has 1 N–H and O–H groups in total. The van der Waals surface area contributed by atoms with Gasteiger partial charge in [-0.25, -0.2) is 4.79 Å². The van der Waals surface area contributed by atoms with Crippen molar-refractivity contribution in [3.8, 4) is 11.5 Å². The molecule has 1 aliphatic rings. The zero-order valence-electron chi connectivity index (χ0n) is 16.8. The van der Waals surface area contributed by atoms with E-state index in [2.05, 4.69) is 27.4 Å². The molecule has 0 aliphatic carbocycles. The summed E-state index contributed by atoms with van der Waals surface area (Å²) in [6.45, 7) is 10.5. The Morgan fingerprint density at radius 3 is 2.86 bits per heavy atom. The van der Waals surface area contributed by atoms with Gasteiger partial charge in [0.05, 0.1) is 18.8 Å². The van der Waals surface area contributed by atoms with Crippen LogP contribution in [0.2, 0.25) is 0 Å². The van der Waals surface area contributed by atoms with Gasteiger partial charge >= 0.3 is 5.97 Å². The van der Waals surface area contributed by atoms with Gasteiger partial charge in [0.2, 0.25) is 5.95 Å². The summed E-state index contributed by atoms with van der Waals surface area (Å²) in [7, 11) is 0. The Morgan fingerprint density at radius 2 is 2.14 bits per heavy atom.